The van der Waals surface area contributed by atoms with Crippen molar-refractivity contribution in [1.82, 2.24) is 9.80 Å². The van der Waals surface area contributed by atoms with Gasteiger partial charge in [-0.05, 0) is 29.5 Å². The van der Waals surface area contributed by atoms with Crippen molar-refractivity contribution in [2.75, 3.05) is 20.1 Å². The number of aromatic carboxylic acids is 1. The summed E-state index contributed by atoms with van der Waals surface area (Å²) in [6.45, 7) is 5.93. The second-order valence-electron chi connectivity index (χ2n) is 5.98. The number of benzene rings is 1. The number of hydrogen-bond donors (Lipinski definition) is 1. The van der Waals surface area contributed by atoms with Gasteiger partial charge in [0.2, 0.25) is 0 Å². The average molecular weight is 290 g/mol. The fourth-order valence-corrected chi connectivity index (χ4v) is 2.84. The highest BCUT2D eigenvalue weighted by Crippen LogP contribution is 2.23. The number of hydrogen-bond acceptors (Lipinski definition) is 2. The summed E-state index contributed by atoms with van der Waals surface area (Å²) in [6, 6.07) is 5.29. The van der Waals surface area contributed by atoms with Gasteiger partial charge >= 0.3 is 12.0 Å². The first-order chi connectivity index (χ1) is 9.90. The fourth-order valence-electron chi connectivity index (χ4n) is 2.84. The molecule has 1 aromatic rings. The highest BCUT2D eigenvalue weighted by Gasteiger charge is 2.26. The number of nitrogens with zero attached hydrogens (tertiary/aromatic N) is 2. The number of amides is 2. The predicted octanol–water partition coefficient (Wildman–Crippen LogP) is 2.45. The van der Waals surface area contributed by atoms with E-state index in [4.69, 9.17) is 0 Å². The van der Waals surface area contributed by atoms with E-state index in [2.05, 4.69) is 13.8 Å². The maximum absolute atomic E-state index is 12.4. The standard InChI is InChI=1S/C16H22N2O3/c1-11(2)9-17(3)16(21)18-8-7-13-12(10-18)5-4-6-14(13)15(19)20/h4-6,11H,7-10H2,1-3H3,(H,19,20). The Hall–Kier alpha value is -2.04. The van der Waals surface area contributed by atoms with E-state index in [0.29, 0.717) is 31.0 Å². The Morgan fingerprint density at radius 2 is 2.10 bits per heavy atom. The van der Waals surface area contributed by atoms with Crippen LogP contribution >= 0.6 is 0 Å². The van der Waals surface area contributed by atoms with Crippen LogP contribution in [0.25, 0.3) is 0 Å². The van der Waals surface area contributed by atoms with E-state index in [1.165, 1.54) is 0 Å². The van der Waals surface area contributed by atoms with Crippen LogP contribution in [-0.4, -0.2) is 47.0 Å². The molecule has 0 aliphatic carbocycles. The molecule has 1 aliphatic heterocycles. The van der Waals surface area contributed by atoms with Crippen LogP contribution < -0.4 is 0 Å². The molecule has 0 atom stereocenters. The lowest BCUT2D eigenvalue weighted by molar-refractivity contribution is 0.0695. The van der Waals surface area contributed by atoms with E-state index in [0.717, 1.165) is 17.7 Å². The predicted molar refractivity (Wildman–Crippen MR) is 80.4 cm³/mol. The van der Waals surface area contributed by atoms with Gasteiger partial charge < -0.3 is 14.9 Å². The molecule has 0 spiro atoms. The first-order valence-corrected chi connectivity index (χ1v) is 7.24. The van der Waals surface area contributed by atoms with E-state index < -0.39 is 5.97 Å². The number of rotatable bonds is 3. The van der Waals surface area contributed by atoms with Crippen molar-refractivity contribution >= 4 is 12.0 Å². The van der Waals surface area contributed by atoms with E-state index in [1.54, 1.807) is 21.9 Å². The molecule has 5 heteroatoms. The van der Waals surface area contributed by atoms with Gasteiger partial charge in [-0.3, -0.25) is 0 Å². The van der Waals surface area contributed by atoms with Gasteiger partial charge in [-0.25, -0.2) is 9.59 Å². The lowest BCUT2D eigenvalue weighted by Gasteiger charge is -2.33. The van der Waals surface area contributed by atoms with Gasteiger partial charge in [0, 0.05) is 26.7 Å². The molecule has 2 amide bonds. The van der Waals surface area contributed by atoms with Crippen LogP contribution in [-0.2, 0) is 13.0 Å². The molecule has 1 N–H and O–H groups in total. The lowest BCUT2D eigenvalue weighted by atomic mass is 9.94. The van der Waals surface area contributed by atoms with Gasteiger partial charge in [0.15, 0.2) is 0 Å². The van der Waals surface area contributed by atoms with Gasteiger partial charge in [0.25, 0.3) is 0 Å². The number of fused-ring (bicyclic) bond motifs is 1. The maximum atomic E-state index is 12.4. The summed E-state index contributed by atoms with van der Waals surface area (Å²) in [5.41, 5.74) is 2.16. The van der Waals surface area contributed by atoms with Crippen molar-refractivity contribution in [3.8, 4) is 0 Å². The Bertz CT molecular complexity index is 554. The normalized spacial score (nSPS) is 14.0. The minimum Gasteiger partial charge on any atom is -0.478 e. The van der Waals surface area contributed by atoms with Crippen molar-refractivity contribution in [2.45, 2.75) is 26.8 Å². The van der Waals surface area contributed by atoms with E-state index >= 15 is 0 Å². The summed E-state index contributed by atoms with van der Waals surface area (Å²) in [4.78, 5) is 27.1. The average Bonchev–Trinajstić information content (AvgIpc) is 2.44. The first-order valence-electron chi connectivity index (χ1n) is 7.24. The van der Waals surface area contributed by atoms with E-state index in [1.807, 2.05) is 13.1 Å². The molecule has 0 aromatic heterocycles. The first kappa shape index (κ1) is 15.4. The number of carboxylic acid groups (broad SMARTS) is 1. The summed E-state index contributed by atoms with van der Waals surface area (Å²) in [7, 11) is 1.81. The zero-order valence-electron chi connectivity index (χ0n) is 12.8. The number of carboxylic acids is 1. The van der Waals surface area contributed by atoms with Gasteiger partial charge in [0.05, 0.1) is 5.56 Å². The van der Waals surface area contributed by atoms with Crippen molar-refractivity contribution < 1.29 is 14.7 Å². The minimum atomic E-state index is -0.899. The fraction of sp³-hybridized carbons (Fsp3) is 0.500. The summed E-state index contributed by atoms with van der Waals surface area (Å²) in [6.07, 6.45) is 0.596. The van der Waals surface area contributed by atoms with Gasteiger partial charge in [0.1, 0.15) is 0 Å². The van der Waals surface area contributed by atoms with Crippen LogP contribution in [0.15, 0.2) is 18.2 Å². The molecule has 0 bridgehead atoms. The molecule has 1 aliphatic rings. The highest BCUT2D eigenvalue weighted by molar-refractivity contribution is 5.90. The molecule has 2 rings (SSSR count). The Morgan fingerprint density at radius 3 is 2.71 bits per heavy atom. The van der Waals surface area contributed by atoms with Crippen molar-refractivity contribution in [1.29, 1.82) is 0 Å². The third kappa shape index (κ3) is 3.35. The molecule has 0 radical (unpaired) electrons. The van der Waals surface area contributed by atoms with Crippen molar-refractivity contribution in [3.05, 3.63) is 34.9 Å². The SMILES string of the molecule is CC(C)CN(C)C(=O)N1CCc2c(cccc2C(=O)O)C1. The smallest absolute Gasteiger partial charge is 0.335 e. The zero-order valence-corrected chi connectivity index (χ0v) is 12.8. The lowest BCUT2D eigenvalue weighted by Crippen LogP contribution is -2.45. The van der Waals surface area contributed by atoms with Crippen LogP contribution in [0.2, 0.25) is 0 Å². The minimum absolute atomic E-state index is 0.00933. The molecular weight excluding hydrogens is 268 g/mol. The summed E-state index contributed by atoms with van der Waals surface area (Å²) in [5, 5.41) is 9.21. The molecule has 1 heterocycles. The Morgan fingerprint density at radius 1 is 1.38 bits per heavy atom. The van der Waals surface area contributed by atoms with Crippen LogP contribution in [0.3, 0.4) is 0 Å². The number of carbonyl (C=O) groups excluding carboxylic acids is 1. The second-order valence-corrected chi connectivity index (χ2v) is 5.98. The van der Waals surface area contributed by atoms with Crippen LogP contribution in [0.5, 0.6) is 0 Å². The van der Waals surface area contributed by atoms with Crippen LogP contribution in [0.1, 0.15) is 35.3 Å². The molecule has 0 saturated carbocycles. The third-order valence-electron chi connectivity index (χ3n) is 3.73. The van der Waals surface area contributed by atoms with E-state index in [-0.39, 0.29) is 6.03 Å². The van der Waals surface area contributed by atoms with Gasteiger partial charge in [-0.1, -0.05) is 26.0 Å². The maximum Gasteiger partial charge on any atom is 0.335 e. The quantitative estimate of drug-likeness (QED) is 0.930. The molecule has 21 heavy (non-hydrogen) atoms. The monoisotopic (exact) mass is 290 g/mol. The summed E-state index contributed by atoms with van der Waals surface area (Å²) >= 11 is 0. The molecule has 0 fully saturated rings. The van der Waals surface area contributed by atoms with Crippen molar-refractivity contribution in [3.63, 3.8) is 0 Å². The number of carbonyl (C=O) groups is 2. The number of urea groups is 1. The molecule has 1 aromatic carbocycles. The van der Waals surface area contributed by atoms with Gasteiger partial charge in [-0.2, -0.15) is 0 Å². The Labute approximate surface area is 125 Å². The molecule has 0 unspecified atom stereocenters. The van der Waals surface area contributed by atoms with Crippen LogP contribution in [0.4, 0.5) is 4.79 Å². The Balaban J connectivity index is 2.15. The topological polar surface area (TPSA) is 60.9 Å². The summed E-state index contributed by atoms with van der Waals surface area (Å²) < 4.78 is 0. The van der Waals surface area contributed by atoms with Crippen molar-refractivity contribution in [2.24, 2.45) is 5.92 Å². The largest absolute Gasteiger partial charge is 0.478 e. The zero-order chi connectivity index (χ0) is 15.6. The molecule has 5 nitrogen and oxygen atoms in total. The van der Waals surface area contributed by atoms with Crippen LogP contribution in [0, 0.1) is 5.92 Å². The van der Waals surface area contributed by atoms with Gasteiger partial charge in [-0.15, -0.1) is 0 Å². The Kier molecular flexibility index (Phi) is 4.50. The third-order valence-corrected chi connectivity index (χ3v) is 3.73. The highest BCUT2D eigenvalue weighted by atomic mass is 16.4. The molecular formula is C16H22N2O3. The molecule has 0 saturated heterocycles. The van der Waals surface area contributed by atoms with E-state index in [9.17, 15) is 14.7 Å². The summed E-state index contributed by atoms with van der Waals surface area (Å²) in [5.74, 6) is -0.474. The molecule has 114 valence electrons. The second kappa shape index (κ2) is 6.16.